The van der Waals surface area contributed by atoms with Gasteiger partial charge in [-0.2, -0.15) is 8.42 Å². The summed E-state index contributed by atoms with van der Waals surface area (Å²) in [5, 5.41) is 0. The average Bonchev–Trinajstić information content (AvgIpc) is 2.71. The SMILES string of the molecule is CCCCCCCCCCCCCCCCCCOS(=O)(=O)c1ccccc1.[K]. The van der Waals surface area contributed by atoms with Gasteiger partial charge < -0.3 is 0 Å². The third-order valence-corrected chi connectivity index (χ3v) is 6.59. The van der Waals surface area contributed by atoms with Gasteiger partial charge in [-0.15, -0.1) is 0 Å². The van der Waals surface area contributed by atoms with E-state index >= 15 is 0 Å². The van der Waals surface area contributed by atoms with Crippen molar-refractivity contribution in [2.24, 2.45) is 0 Å². The number of hydrogen-bond acceptors (Lipinski definition) is 3. The summed E-state index contributed by atoms with van der Waals surface area (Å²) in [6, 6.07) is 8.37. The normalized spacial score (nSPS) is 11.3. The molecule has 0 aliphatic rings. The van der Waals surface area contributed by atoms with Gasteiger partial charge in [-0.1, -0.05) is 121 Å². The van der Waals surface area contributed by atoms with Gasteiger partial charge in [0.25, 0.3) is 10.1 Å². The van der Waals surface area contributed by atoms with E-state index < -0.39 is 10.1 Å². The van der Waals surface area contributed by atoms with Crippen molar-refractivity contribution in [3.05, 3.63) is 30.3 Å². The predicted molar refractivity (Wildman–Crippen MR) is 125 cm³/mol. The molecule has 29 heavy (non-hydrogen) atoms. The molecule has 0 saturated carbocycles. The summed E-state index contributed by atoms with van der Waals surface area (Å²) in [4.78, 5) is 0.242. The van der Waals surface area contributed by atoms with Crippen LogP contribution in [-0.4, -0.2) is 66.4 Å². The van der Waals surface area contributed by atoms with Gasteiger partial charge >= 0.3 is 0 Å². The summed E-state index contributed by atoms with van der Waals surface area (Å²) < 4.78 is 29.0. The summed E-state index contributed by atoms with van der Waals surface area (Å²) in [6.45, 7) is 2.56. The minimum atomic E-state index is -3.58. The zero-order chi connectivity index (χ0) is 20.3. The van der Waals surface area contributed by atoms with Gasteiger partial charge in [0.2, 0.25) is 0 Å². The Morgan fingerprint density at radius 3 is 1.41 bits per heavy atom. The van der Waals surface area contributed by atoms with Crippen LogP contribution in [0.1, 0.15) is 110 Å². The van der Waals surface area contributed by atoms with Crippen LogP contribution in [0.4, 0.5) is 0 Å². The van der Waals surface area contributed by atoms with E-state index in [4.69, 9.17) is 4.18 Å². The molecule has 0 bridgehead atoms. The van der Waals surface area contributed by atoms with Crippen LogP contribution >= 0.6 is 0 Å². The van der Waals surface area contributed by atoms with Gasteiger partial charge in [-0.25, -0.2) is 0 Å². The van der Waals surface area contributed by atoms with Crippen LogP contribution in [-0.2, 0) is 14.3 Å². The molecule has 0 spiro atoms. The van der Waals surface area contributed by atoms with Crippen molar-refractivity contribution in [1.82, 2.24) is 0 Å². The molecule has 1 aromatic rings. The molecular weight excluding hydrogens is 407 g/mol. The molecule has 1 radical (unpaired) electrons. The monoisotopic (exact) mass is 449 g/mol. The first-order chi connectivity index (χ1) is 13.7. The summed E-state index contributed by atoms with van der Waals surface area (Å²) >= 11 is 0. The molecule has 0 atom stereocenters. The second-order valence-corrected chi connectivity index (χ2v) is 9.51. The molecule has 0 heterocycles. The molecule has 0 fully saturated rings. The average molecular weight is 450 g/mol. The van der Waals surface area contributed by atoms with Crippen molar-refractivity contribution in [2.45, 2.75) is 115 Å². The van der Waals surface area contributed by atoms with Gasteiger partial charge in [0.05, 0.1) is 11.5 Å². The third-order valence-electron chi connectivity index (χ3n) is 5.27. The Morgan fingerprint density at radius 2 is 1.00 bits per heavy atom. The van der Waals surface area contributed by atoms with Crippen LogP contribution in [0, 0.1) is 0 Å². The van der Waals surface area contributed by atoms with Crippen LogP contribution in [0.3, 0.4) is 0 Å². The smallest absolute Gasteiger partial charge is 0.266 e. The molecule has 1 rings (SSSR count). The first-order valence-electron chi connectivity index (χ1n) is 11.6. The van der Waals surface area contributed by atoms with E-state index in [2.05, 4.69) is 6.92 Å². The van der Waals surface area contributed by atoms with E-state index in [1.165, 1.54) is 89.9 Å². The van der Waals surface area contributed by atoms with E-state index in [1.54, 1.807) is 30.3 Å². The Labute approximate surface area is 223 Å². The molecule has 0 N–H and O–H groups in total. The first-order valence-corrected chi connectivity index (χ1v) is 13.0. The van der Waals surface area contributed by atoms with Gasteiger partial charge in [-0.05, 0) is 18.6 Å². The van der Waals surface area contributed by atoms with Crippen molar-refractivity contribution in [3.63, 3.8) is 0 Å². The van der Waals surface area contributed by atoms with Gasteiger partial charge in [-0.3, -0.25) is 4.18 Å². The molecular formula is C24H42KO3S. The number of benzene rings is 1. The molecule has 0 aliphatic carbocycles. The van der Waals surface area contributed by atoms with E-state index in [-0.39, 0.29) is 62.9 Å². The summed E-state index contributed by atoms with van der Waals surface area (Å²) in [5.74, 6) is 0. The second kappa shape index (κ2) is 20.7. The predicted octanol–water partition coefficient (Wildman–Crippen LogP) is 7.27. The van der Waals surface area contributed by atoms with Crippen molar-refractivity contribution in [2.75, 3.05) is 6.61 Å². The van der Waals surface area contributed by atoms with Gasteiger partial charge in [0.15, 0.2) is 0 Å². The Hall–Kier alpha value is 0.766. The number of unbranched alkanes of at least 4 members (excludes halogenated alkanes) is 15. The maximum Gasteiger partial charge on any atom is 0.296 e. The van der Waals surface area contributed by atoms with Crippen molar-refractivity contribution in [1.29, 1.82) is 0 Å². The zero-order valence-corrected chi connectivity index (χ0v) is 23.0. The topological polar surface area (TPSA) is 43.4 Å². The summed E-state index contributed by atoms with van der Waals surface area (Å²) in [5.41, 5.74) is 0. The molecule has 5 heteroatoms. The van der Waals surface area contributed by atoms with E-state index in [0.717, 1.165) is 12.8 Å². The molecule has 1 aromatic carbocycles. The fourth-order valence-corrected chi connectivity index (χ4v) is 4.44. The Bertz CT molecular complexity index is 561. The van der Waals surface area contributed by atoms with E-state index in [9.17, 15) is 8.42 Å². The molecule has 0 aliphatic heterocycles. The molecule has 0 unspecified atom stereocenters. The molecule has 0 amide bonds. The molecule has 0 saturated heterocycles. The molecule has 163 valence electrons. The largest absolute Gasteiger partial charge is 0.296 e. The van der Waals surface area contributed by atoms with Gasteiger partial charge in [0.1, 0.15) is 0 Å². The minimum absolute atomic E-state index is 0. The minimum Gasteiger partial charge on any atom is -0.266 e. The zero-order valence-electron chi connectivity index (χ0n) is 19.0. The van der Waals surface area contributed by atoms with Crippen LogP contribution in [0.2, 0.25) is 0 Å². The van der Waals surface area contributed by atoms with Crippen LogP contribution in [0.15, 0.2) is 35.2 Å². The Balaban J connectivity index is 0.00000784. The first kappa shape index (κ1) is 29.8. The van der Waals surface area contributed by atoms with Crippen molar-refractivity contribution >= 4 is 61.5 Å². The second-order valence-electron chi connectivity index (χ2n) is 7.89. The fourth-order valence-electron chi connectivity index (χ4n) is 3.47. The molecule has 0 aromatic heterocycles. The van der Waals surface area contributed by atoms with Crippen LogP contribution < -0.4 is 0 Å². The summed E-state index contributed by atoms with van der Waals surface area (Å²) in [7, 11) is -3.58. The Morgan fingerprint density at radius 1 is 0.621 bits per heavy atom. The number of rotatable bonds is 19. The number of hydrogen-bond donors (Lipinski definition) is 0. The maximum atomic E-state index is 12.0. The standard InChI is InChI=1S/C24H42O3S.K/c1-2-3-4-5-6-7-8-9-10-11-12-13-14-15-16-20-23-27-28(25,26)24-21-18-17-19-22-24;/h17-19,21-22H,2-16,20,23H2,1H3;. The van der Waals surface area contributed by atoms with E-state index in [1.807, 2.05) is 0 Å². The van der Waals surface area contributed by atoms with Crippen LogP contribution in [0.25, 0.3) is 0 Å². The fraction of sp³-hybridized carbons (Fsp3) is 0.750. The maximum absolute atomic E-state index is 12.0. The molecule has 3 nitrogen and oxygen atoms in total. The Kier molecular flexibility index (Phi) is 21.2. The van der Waals surface area contributed by atoms with Crippen LogP contribution in [0.5, 0.6) is 0 Å². The van der Waals surface area contributed by atoms with Crippen molar-refractivity contribution in [3.8, 4) is 0 Å². The summed E-state index contributed by atoms with van der Waals surface area (Å²) in [6.07, 6.45) is 20.9. The third kappa shape index (κ3) is 17.1. The van der Waals surface area contributed by atoms with E-state index in [0.29, 0.717) is 0 Å². The quantitative estimate of drug-likeness (QED) is 0.127. The van der Waals surface area contributed by atoms with Crippen molar-refractivity contribution < 1.29 is 12.6 Å². The van der Waals surface area contributed by atoms with Gasteiger partial charge in [0, 0.05) is 51.4 Å².